The molecule has 0 N–H and O–H groups in total. The second-order valence-corrected chi connectivity index (χ2v) is 7.49. The molecule has 5 nitrogen and oxygen atoms in total. The van der Waals surface area contributed by atoms with Crippen molar-refractivity contribution in [3.63, 3.8) is 0 Å². The summed E-state index contributed by atoms with van der Waals surface area (Å²) in [5, 5.41) is 0. The monoisotopic (exact) mass is 582 g/mol. The maximum atomic E-state index is 4.22. The molecule has 1 aromatic carbocycles. The molecule has 30 heavy (non-hydrogen) atoms. The van der Waals surface area contributed by atoms with Crippen LogP contribution in [-0.4, -0.2) is 29.5 Å². The Labute approximate surface area is 194 Å². The van der Waals surface area contributed by atoms with Crippen LogP contribution in [0.25, 0.3) is 11.3 Å². The normalized spacial score (nSPS) is 10.7. The molecule has 3 heterocycles. The van der Waals surface area contributed by atoms with Gasteiger partial charge in [0.25, 0.3) is 0 Å². The number of aryl methyl sites for hydroxylation is 2. The second-order valence-electron chi connectivity index (χ2n) is 7.49. The Morgan fingerprint density at radius 1 is 0.867 bits per heavy atom. The Balaban J connectivity index is 0.000000218. The summed E-state index contributed by atoms with van der Waals surface area (Å²) < 4.78 is 8.93. The molecular weight excluding hydrogens is 552 g/mol. The minimum Gasteiger partial charge on any atom is -0.375 e. The van der Waals surface area contributed by atoms with Gasteiger partial charge in [-0.3, -0.25) is 0 Å². The summed E-state index contributed by atoms with van der Waals surface area (Å²) in [6.07, 6.45) is 16.2. The van der Waals surface area contributed by atoms with Gasteiger partial charge >= 0.3 is 0 Å². The maximum absolute atomic E-state index is 4.22. The van der Waals surface area contributed by atoms with Gasteiger partial charge in [-0.1, -0.05) is 26.0 Å². The van der Waals surface area contributed by atoms with E-state index in [0.717, 1.165) is 23.9 Å². The van der Waals surface area contributed by atoms with Gasteiger partial charge in [0.05, 0.1) is 0 Å². The summed E-state index contributed by atoms with van der Waals surface area (Å²) in [6.45, 7) is 4.53. The van der Waals surface area contributed by atoms with Crippen molar-refractivity contribution in [3.05, 3.63) is 92.2 Å². The summed E-state index contributed by atoms with van der Waals surface area (Å²) in [5.74, 6) is 0. The van der Waals surface area contributed by atoms with Crippen molar-refractivity contribution in [1.29, 1.82) is 0 Å². The van der Waals surface area contributed by atoms with Crippen molar-refractivity contribution in [2.75, 3.05) is 0 Å². The van der Waals surface area contributed by atoms with Crippen LogP contribution in [0.2, 0.25) is 12.6 Å². The standard InChI is InChI=1S/C12H22BN4.C11H8N.Pt/c1-5-13(6-2,16-9-7-14(3)11-16)17-10-8-15(4)12-17;1-2-6-10(7-3-1)11-8-4-5-9-12-11;/h7-12H,5-6H2,1-4H3;1-6,8-9H;/q+1;-1;. The predicted molar refractivity (Wildman–Crippen MR) is 122 cm³/mol. The summed E-state index contributed by atoms with van der Waals surface area (Å²) in [6, 6.07) is 16.8. The van der Waals surface area contributed by atoms with E-state index in [4.69, 9.17) is 0 Å². The molecule has 4 aromatic rings. The third kappa shape index (κ3) is 5.37. The van der Waals surface area contributed by atoms with E-state index in [1.807, 2.05) is 42.5 Å². The fourth-order valence-electron chi connectivity index (χ4n) is 3.87. The molecule has 0 spiro atoms. The van der Waals surface area contributed by atoms with E-state index in [1.54, 1.807) is 6.20 Å². The number of rotatable bonds is 5. The van der Waals surface area contributed by atoms with Gasteiger partial charge in [0.2, 0.25) is 6.42 Å². The van der Waals surface area contributed by atoms with E-state index in [1.165, 1.54) is 0 Å². The predicted octanol–water partition coefficient (Wildman–Crippen LogP) is 4.95. The second kappa shape index (κ2) is 11.1. The topological polar surface area (TPSA) is 32.6 Å². The van der Waals surface area contributed by atoms with Crippen molar-refractivity contribution >= 4 is 6.42 Å². The van der Waals surface area contributed by atoms with E-state index in [9.17, 15) is 0 Å². The Morgan fingerprint density at radius 3 is 1.87 bits per heavy atom. The molecule has 0 fully saturated rings. The van der Waals surface area contributed by atoms with Gasteiger partial charge in [-0.15, -0.1) is 48.5 Å². The zero-order valence-corrected chi connectivity index (χ0v) is 20.4. The Hall–Kier alpha value is -2.46. The van der Waals surface area contributed by atoms with Crippen LogP contribution in [0.15, 0.2) is 86.1 Å². The van der Waals surface area contributed by atoms with Gasteiger partial charge in [0.15, 0.2) is 12.4 Å². The first-order chi connectivity index (χ1) is 14.1. The van der Waals surface area contributed by atoms with E-state index >= 15 is 0 Å². The molecular formula is C23H30BN5Pt. The van der Waals surface area contributed by atoms with Crippen LogP contribution in [0.5, 0.6) is 0 Å². The zero-order chi connectivity index (χ0) is 20.7. The van der Waals surface area contributed by atoms with Crippen LogP contribution >= 0.6 is 0 Å². The van der Waals surface area contributed by atoms with Crippen LogP contribution in [0.1, 0.15) is 13.8 Å². The molecule has 0 aliphatic rings. The average molecular weight is 582 g/mol. The number of pyridine rings is 1. The van der Waals surface area contributed by atoms with Crippen LogP contribution < -0.4 is 0 Å². The maximum Gasteiger partial charge on any atom is 0.250 e. The molecule has 3 aromatic heterocycles. The largest absolute Gasteiger partial charge is 0.375 e. The molecule has 0 saturated carbocycles. The van der Waals surface area contributed by atoms with Gasteiger partial charge in [-0.2, -0.15) is 0 Å². The molecule has 0 aliphatic heterocycles. The van der Waals surface area contributed by atoms with Gasteiger partial charge in [-0.25, -0.2) is 9.13 Å². The Bertz CT molecular complexity index is 931. The third-order valence-corrected chi connectivity index (χ3v) is 5.65. The first-order valence-electron chi connectivity index (χ1n) is 10.2. The number of imidazole rings is 2. The van der Waals surface area contributed by atoms with Crippen molar-refractivity contribution in [3.8, 4) is 11.3 Å². The Morgan fingerprint density at radius 2 is 1.47 bits per heavy atom. The molecule has 0 amide bonds. The molecule has 0 unspecified atom stereocenters. The van der Waals surface area contributed by atoms with E-state index < -0.39 is 6.42 Å². The van der Waals surface area contributed by atoms with Gasteiger partial charge in [0, 0.05) is 41.4 Å². The molecule has 0 atom stereocenters. The molecule has 0 bridgehead atoms. The fourth-order valence-corrected chi connectivity index (χ4v) is 3.87. The summed E-state index contributed by atoms with van der Waals surface area (Å²) in [5.41, 5.74) is 2.01. The average Bonchev–Trinajstić information content (AvgIpc) is 3.40. The van der Waals surface area contributed by atoms with Gasteiger partial charge < -0.3 is 13.9 Å². The van der Waals surface area contributed by atoms with Crippen LogP contribution in [0.3, 0.4) is 0 Å². The summed E-state index contributed by atoms with van der Waals surface area (Å²) >= 11 is 0. The van der Waals surface area contributed by atoms with E-state index in [2.05, 4.69) is 94.5 Å². The van der Waals surface area contributed by atoms with Crippen molar-refractivity contribution in [2.24, 2.45) is 14.1 Å². The molecule has 7 heteroatoms. The third-order valence-electron chi connectivity index (χ3n) is 5.65. The molecule has 0 saturated heterocycles. The zero-order valence-electron chi connectivity index (χ0n) is 18.1. The SMILES string of the molecule is CC[B-](CC)(n1ccn(C)[cH+]1)n1ccn(C)[cH+]1.[Pt].[c-]1ccccc1-c1ccccn1. The molecule has 0 radical (unpaired) electrons. The van der Waals surface area contributed by atoms with Crippen LogP contribution in [0, 0.1) is 6.07 Å². The molecule has 4 rings (SSSR count). The van der Waals surface area contributed by atoms with Crippen molar-refractivity contribution in [1.82, 2.24) is 23.1 Å². The minimum absolute atomic E-state index is 0. The number of hydrogen-bond acceptors (Lipinski definition) is 1. The minimum atomic E-state index is -0.747. The van der Waals surface area contributed by atoms with Gasteiger partial charge in [0.1, 0.15) is 25.0 Å². The van der Waals surface area contributed by atoms with Crippen molar-refractivity contribution in [2.45, 2.75) is 26.5 Å². The van der Waals surface area contributed by atoms with Crippen LogP contribution in [-0.2, 0) is 35.2 Å². The number of benzene rings is 1. The first kappa shape index (κ1) is 23.8. The smallest absolute Gasteiger partial charge is 0.250 e. The molecule has 160 valence electrons. The quantitative estimate of drug-likeness (QED) is 0.242. The number of aromatic nitrogens is 5. The van der Waals surface area contributed by atoms with E-state index in [0.29, 0.717) is 0 Å². The van der Waals surface area contributed by atoms with Crippen molar-refractivity contribution < 1.29 is 21.1 Å². The summed E-state index contributed by atoms with van der Waals surface area (Å²) in [4.78, 5) is 4.22. The fraction of sp³-hybridized carbons (Fsp3) is 0.261. The van der Waals surface area contributed by atoms with Gasteiger partial charge in [-0.05, 0) is 11.8 Å². The summed E-state index contributed by atoms with van der Waals surface area (Å²) in [7, 11) is 4.14. The molecule has 0 aliphatic carbocycles. The van der Waals surface area contributed by atoms with E-state index in [-0.39, 0.29) is 21.1 Å². The number of nitrogens with zero attached hydrogens (tertiary/aromatic N) is 5. The first-order valence-corrected chi connectivity index (χ1v) is 10.2. The van der Waals surface area contributed by atoms with Crippen LogP contribution in [0.4, 0.5) is 0 Å². The Kier molecular flexibility index (Phi) is 8.79. The number of hydrogen-bond donors (Lipinski definition) is 0.